The zero-order valence-electron chi connectivity index (χ0n) is 20.3. The Morgan fingerprint density at radius 2 is 1.66 bits per heavy atom. The third kappa shape index (κ3) is 9.47. The van der Waals surface area contributed by atoms with Gasteiger partial charge < -0.3 is 19.9 Å². The molecule has 2 N–H and O–H groups in total. The van der Waals surface area contributed by atoms with E-state index in [9.17, 15) is 4.39 Å². The summed E-state index contributed by atoms with van der Waals surface area (Å²) in [7, 11) is 1.88. The Labute approximate surface area is 191 Å². The van der Waals surface area contributed by atoms with Crippen LogP contribution in [0.25, 0.3) is 11.4 Å². The van der Waals surface area contributed by atoms with Crippen LogP contribution >= 0.6 is 0 Å². The molecule has 0 aliphatic carbocycles. The van der Waals surface area contributed by atoms with Crippen LogP contribution in [0.2, 0.25) is 0 Å². The first-order chi connectivity index (χ1) is 15.4. The molecule has 1 heterocycles. The number of rotatable bonds is 8. The highest BCUT2D eigenvalue weighted by Crippen LogP contribution is 2.27. The van der Waals surface area contributed by atoms with E-state index in [4.69, 9.17) is 9.26 Å². The van der Waals surface area contributed by atoms with Gasteiger partial charge in [-0.2, -0.15) is 4.98 Å². The minimum atomic E-state index is -0.267. The van der Waals surface area contributed by atoms with E-state index in [1.54, 1.807) is 12.1 Å². The van der Waals surface area contributed by atoms with Crippen molar-refractivity contribution < 1.29 is 13.7 Å². The van der Waals surface area contributed by atoms with E-state index in [-0.39, 0.29) is 12.4 Å². The molecule has 0 unspecified atom stereocenters. The molecule has 176 valence electrons. The standard InChI is InChI=1S/C19H21FN4O2.C4H10.C2H6/c1-3-22-17-10-14(6-9-16(17)21-2)19-23-18(26-24-19)12-25-11-13-4-7-15(20)8-5-13;1-4(2)3;1-2/h4-10,21-22H,3,11-12H2,1-2H3;4H,1-3H3;1-2H3. The molecule has 0 saturated heterocycles. The average molecular weight is 445 g/mol. The fourth-order valence-corrected chi connectivity index (χ4v) is 2.51. The third-order valence-electron chi connectivity index (χ3n) is 3.79. The summed E-state index contributed by atoms with van der Waals surface area (Å²) in [6.07, 6.45) is 0. The summed E-state index contributed by atoms with van der Waals surface area (Å²) in [5.41, 5.74) is 3.71. The third-order valence-corrected chi connectivity index (χ3v) is 3.79. The normalized spacial score (nSPS) is 10.0. The number of nitrogens with one attached hydrogen (secondary N) is 2. The second-order valence-electron chi connectivity index (χ2n) is 7.40. The van der Waals surface area contributed by atoms with Crippen molar-refractivity contribution >= 4 is 11.4 Å². The zero-order valence-corrected chi connectivity index (χ0v) is 20.3. The van der Waals surface area contributed by atoms with E-state index < -0.39 is 0 Å². The van der Waals surface area contributed by atoms with Crippen LogP contribution in [0.3, 0.4) is 0 Å². The van der Waals surface area contributed by atoms with Crippen molar-refractivity contribution in [1.82, 2.24) is 10.1 Å². The van der Waals surface area contributed by atoms with Gasteiger partial charge in [-0.05, 0) is 48.7 Å². The predicted molar refractivity (Wildman–Crippen MR) is 130 cm³/mol. The molecule has 0 saturated carbocycles. The van der Waals surface area contributed by atoms with E-state index in [1.165, 1.54) is 12.1 Å². The van der Waals surface area contributed by atoms with Gasteiger partial charge in [0.05, 0.1) is 18.0 Å². The molecule has 6 nitrogen and oxygen atoms in total. The number of ether oxygens (including phenoxy) is 1. The van der Waals surface area contributed by atoms with Crippen molar-refractivity contribution in [3.8, 4) is 11.4 Å². The van der Waals surface area contributed by atoms with Crippen molar-refractivity contribution in [2.24, 2.45) is 5.92 Å². The number of halogens is 1. The Bertz CT molecular complexity index is 892. The molecule has 0 fully saturated rings. The van der Waals surface area contributed by atoms with E-state index in [2.05, 4.69) is 41.5 Å². The Morgan fingerprint density at radius 1 is 1.00 bits per heavy atom. The molecular weight excluding hydrogens is 407 g/mol. The van der Waals surface area contributed by atoms with Crippen LogP contribution in [0.15, 0.2) is 47.0 Å². The molecular formula is C25H37FN4O2. The van der Waals surface area contributed by atoms with Crippen molar-refractivity contribution in [3.63, 3.8) is 0 Å². The number of hydrogen-bond acceptors (Lipinski definition) is 6. The number of aromatic nitrogens is 2. The second-order valence-corrected chi connectivity index (χ2v) is 7.40. The average Bonchev–Trinajstić information content (AvgIpc) is 3.25. The summed E-state index contributed by atoms with van der Waals surface area (Å²) in [4.78, 5) is 4.37. The highest BCUT2D eigenvalue weighted by molar-refractivity contribution is 5.75. The maximum atomic E-state index is 12.9. The van der Waals surface area contributed by atoms with E-state index in [0.717, 1.165) is 35.0 Å². The molecule has 32 heavy (non-hydrogen) atoms. The molecule has 3 aromatic rings. The van der Waals surface area contributed by atoms with Gasteiger partial charge in [0, 0.05) is 19.2 Å². The van der Waals surface area contributed by atoms with Crippen molar-refractivity contribution in [3.05, 3.63) is 59.7 Å². The first-order valence-corrected chi connectivity index (χ1v) is 11.1. The Balaban J connectivity index is 0.000000769. The maximum Gasteiger partial charge on any atom is 0.252 e. The number of nitrogens with zero attached hydrogens (tertiary/aromatic N) is 2. The second kappa shape index (κ2) is 15.0. The lowest BCUT2D eigenvalue weighted by Crippen LogP contribution is -2.01. The topological polar surface area (TPSA) is 72.2 Å². The molecule has 0 bridgehead atoms. The van der Waals surface area contributed by atoms with Crippen LogP contribution in [0, 0.1) is 11.7 Å². The quantitative estimate of drug-likeness (QED) is 0.400. The van der Waals surface area contributed by atoms with Crippen LogP contribution in [-0.2, 0) is 18.0 Å². The van der Waals surface area contributed by atoms with Gasteiger partial charge in [-0.15, -0.1) is 0 Å². The molecule has 0 spiro atoms. The lowest BCUT2D eigenvalue weighted by molar-refractivity contribution is 0.0850. The van der Waals surface area contributed by atoms with Crippen LogP contribution in [0.5, 0.6) is 0 Å². The Morgan fingerprint density at radius 3 is 2.25 bits per heavy atom. The van der Waals surface area contributed by atoms with Crippen LogP contribution in [0.4, 0.5) is 15.8 Å². The molecule has 0 atom stereocenters. The van der Waals surface area contributed by atoms with Gasteiger partial charge in [0.2, 0.25) is 5.82 Å². The van der Waals surface area contributed by atoms with Gasteiger partial charge >= 0.3 is 0 Å². The van der Waals surface area contributed by atoms with Gasteiger partial charge in [-0.3, -0.25) is 0 Å². The predicted octanol–water partition coefficient (Wildman–Crippen LogP) is 6.75. The largest absolute Gasteiger partial charge is 0.386 e. The van der Waals surface area contributed by atoms with Crippen LogP contribution < -0.4 is 10.6 Å². The number of anilines is 2. The van der Waals surface area contributed by atoms with Gasteiger partial charge in [0.1, 0.15) is 12.4 Å². The lowest BCUT2D eigenvalue weighted by atomic mass is 10.1. The summed E-state index contributed by atoms with van der Waals surface area (Å²) >= 11 is 0. The Kier molecular flexibility index (Phi) is 12.7. The summed E-state index contributed by atoms with van der Waals surface area (Å²) in [6.45, 7) is 13.9. The van der Waals surface area contributed by atoms with Gasteiger partial charge in [0.15, 0.2) is 0 Å². The van der Waals surface area contributed by atoms with Gasteiger partial charge in [0.25, 0.3) is 5.89 Å². The zero-order chi connectivity index (χ0) is 23.9. The van der Waals surface area contributed by atoms with Crippen LogP contribution in [-0.4, -0.2) is 23.7 Å². The van der Waals surface area contributed by atoms with Crippen LogP contribution in [0.1, 0.15) is 53.0 Å². The fraction of sp³-hybridized carbons (Fsp3) is 0.440. The summed E-state index contributed by atoms with van der Waals surface area (Å²) in [6, 6.07) is 12.0. The van der Waals surface area contributed by atoms with Gasteiger partial charge in [-0.1, -0.05) is 51.9 Å². The maximum absolute atomic E-state index is 12.9. The first-order valence-electron chi connectivity index (χ1n) is 11.1. The summed E-state index contributed by atoms with van der Waals surface area (Å²) in [5.74, 6) is 1.47. The highest BCUT2D eigenvalue weighted by atomic mass is 19.1. The molecule has 7 heteroatoms. The SMILES string of the molecule is CC.CC(C)C.CCNc1cc(-c2noc(COCc3ccc(F)cc3)n2)ccc1NC. The van der Waals surface area contributed by atoms with E-state index in [1.807, 2.05) is 46.0 Å². The molecule has 0 radical (unpaired) electrons. The molecule has 3 rings (SSSR count). The van der Waals surface area contributed by atoms with Gasteiger partial charge in [-0.25, -0.2) is 4.39 Å². The minimum Gasteiger partial charge on any atom is -0.386 e. The van der Waals surface area contributed by atoms with E-state index in [0.29, 0.717) is 18.3 Å². The molecule has 0 aliphatic rings. The number of benzene rings is 2. The Hall–Kier alpha value is -2.93. The highest BCUT2D eigenvalue weighted by Gasteiger charge is 2.11. The monoisotopic (exact) mass is 444 g/mol. The smallest absolute Gasteiger partial charge is 0.252 e. The fourth-order valence-electron chi connectivity index (χ4n) is 2.51. The van der Waals surface area contributed by atoms with Crippen molar-refractivity contribution in [2.45, 2.75) is 54.8 Å². The lowest BCUT2D eigenvalue weighted by Gasteiger charge is -2.11. The molecule has 1 aromatic heterocycles. The minimum absolute atomic E-state index is 0.193. The molecule has 0 aliphatic heterocycles. The first kappa shape index (κ1) is 27.1. The summed E-state index contributed by atoms with van der Waals surface area (Å²) < 4.78 is 23.7. The summed E-state index contributed by atoms with van der Waals surface area (Å²) in [5, 5.41) is 10.5. The molecule has 0 amide bonds. The van der Waals surface area contributed by atoms with Crippen molar-refractivity contribution in [2.75, 3.05) is 24.2 Å². The van der Waals surface area contributed by atoms with E-state index >= 15 is 0 Å². The number of hydrogen-bond donors (Lipinski definition) is 2. The molecule has 2 aromatic carbocycles. The van der Waals surface area contributed by atoms with Crippen molar-refractivity contribution in [1.29, 1.82) is 0 Å².